The lowest BCUT2D eigenvalue weighted by atomic mass is 9.75. The number of carboxylic acids is 1. The first kappa shape index (κ1) is 21.7. The Morgan fingerprint density at radius 3 is 1.76 bits per heavy atom. The summed E-state index contributed by atoms with van der Waals surface area (Å²) < 4.78 is 30.1. The summed E-state index contributed by atoms with van der Waals surface area (Å²) in [5, 5.41) is 9.75. The molecule has 0 spiro atoms. The smallest absolute Gasteiger partial charge is 0.475 e. The predicted octanol–water partition coefficient (Wildman–Crippen LogP) is 5.58. The fourth-order valence-electron chi connectivity index (χ4n) is 3.42. The first-order valence-electron chi connectivity index (χ1n) is 9.86. The predicted molar refractivity (Wildman–Crippen MR) is 109 cm³/mol. The Balaban J connectivity index is 1.70. The van der Waals surface area contributed by atoms with Gasteiger partial charge in [-0.2, -0.15) is 0 Å². The van der Waals surface area contributed by atoms with Crippen LogP contribution in [0.4, 0.5) is 0 Å². The lowest BCUT2D eigenvalue weighted by molar-refractivity contribution is -0.153. The number of rotatable bonds is 10. The second kappa shape index (κ2) is 10.2. The molecule has 3 rings (SSSR count). The lowest BCUT2D eigenvalue weighted by Crippen LogP contribution is -2.37. The molecule has 1 aliphatic carbocycles. The summed E-state index contributed by atoms with van der Waals surface area (Å²) in [5.74, 6) is -0.921. The van der Waals surface area contributed by atoms with E-state index in [1.807, 2.05) is 60.7 Å². The van der Waals surface area contributed by atoms with Gasteiger partial charge in [-0.25, -0.2) is 4.57 Å². The van der Waals surface area contributed by atoms with Crippen LogP contribution in [0.2, 0.25) is 0 Å². The summed E-state index contributed by atoms with van der Waals surface area (Å²) in [7, 11) is -3.96. The van der Waals surface area contributed by atoms with Crippen molar-refractivity contribution in [3.8, 4) is 0 Å². The average molecular weight is 418 g/mol. The molecule has 6 nitrogen and oxygen atoms in total. The zero-order valence-electron chi connectivity index (χ0n) is 16.4. The number of hydrogen-bond donors (Lipinski definition) is 1. The largest absolute Gasteiger partial charge is 0.481 e. The van der Waals surface area contributed by atoms with Crippen LogP contribution in [0.1, 0.15) is 43.2 Å². The third-order valence-corrected chi connectivity index (χ3v) is 6.56. The molecule has 1 aliphatic rings. The second-order valence-corrected chi connectivity index (χ2v) is 9.05. The molecule has 0 saturated heterocycles. The van der Waals surface area contributed by atoms with E-state index in [-0.39, 0.29) is 19.8 Å². The Morgan fingerprint density at radius 2 is 1.31 bits per heavy atom. The maximum atomic E-state index is 13.3. The van der Waals surface area contributed by atoms with Gasteiger partial charge in [0.2, 0.25) is 0 Å². The molecule has 156 valence electrons. The minimum Gasteiger partial charge on any atom is -0.481 e. The molecule has 0 aromatic heterocycles. The molecular formula is C22H27O6P. The van der Waals surface area contributed by atoms with Gasteiger partial charge in [0.05, 0.1) is 25.2 Å². The first-order valence-corrected chi connectivity index (χ1v) is 11.3. The van der Waals surface area contributed by atoms with Gasteiger partial charge in [-0.15, -0.1) is 0 Å². The van der Waals surface area contributed by atoms with Crippen molar-refractivity contribution in [2.24, 2.45) is 5.41 Å². The molecule has 0 amide bonds. The van der Waals surface area contributed by atoms with Gasteiger partial charge in [0.15, 0.2) is 0 Å². The topological polar surface area (TPSA) is 82.1 Å². The van der Waals surface area contributed by atoms with Crippen molar-refractivity contribution >= 4 is 13.8 Å². The van der Waals surface area contributed by atoms with E-state index in [0.717, 1.165) is 30.4 Å². The number of carbonyl (C=O) groups is 1. The number of aliphatic carboxylic acids is 1. The van der Waals surface area contributed by atoms with Crippen molar-refractivity contribution in [1.29, 1.82) is 0 Å². The minimum atomic E-state index is -3.96. The number of hydrogen-bond acceptors (Lipinski definition) is 5. The molecule has 0 unspecified atom stereocenters. The van der Waals surface area contributed by atoms with Crippen LogP contribution in [0.5, 0.6) is 0 Å². The van der Waals surface area contributed by atoms with E-state index in [4.69, 9.17) is 13.6 Å². The molecule has 0 atom stereocenters. The van der Waals surface area contributed by atoms with Crippen LogP contribution in [0.25, 0.3) is 0 Å². The Hall–Kier alpha value is -1.98. The zero-order valence-corrected chi connectivity index (χ0v) is 17.3. The summed E-state index contributed by atoms with van der Waals surface area (Å²) in [4.78, 5) is 11.9. The molecular weight excluding hydrogens is 391 g/mol. The third-order valence-electron chi connectivity index (χ3n) is 5.23. The zero-order chi connectivity index (χ0) is 20.6. The fraction of sp³-hybridized carbons (Fsp3) is 0.409. The van der Waals surface area contributed by atoms with E-state index < -0.39 is 19.2 Å². The van der Waals surface area contributed by atoms with Crippen LogP contribution < -0.4 is 0 Å². The highest BCUT2D eigenvalue weighted by Gasteiger charge is 2.43. The summed E-state index contributed by atoms with van der Waals surface area (Å²) in [6, 6.07) is 18.6. The van der Waals surface area contributed by atoms with Gasteiger partial charge >= 0.3 is 13.8 Å². The molecule has 0 radical (unpaired) electrons. The van der Waals surface area contributed by atoms with Crippen molar-refractivity contribution in [3.63, 3.8) is 0 Å². The molecule has 1 fully saturated rings. The van der Waals surface area contributed by atoms with Crippen molar-refractivity contribution in [2.75, 3.05) is 6.61 Å². The van der Waals surface area contributed by atoms with Crippen molar-refractivity contribution in [2.45, 2.75) is 45.3 Å². The van der Waals surface area contributed by atoms with Crippen LogP contribution in [0.15, 0.2) is 60.7 Å². The number of carboxylic acid groups (broad SMARTS) is 1. The van der Waals surface area contributed by atoms with Crippen molar-refractivity contribution in [3.05, 3.63) is 71.8 Å². The quantitative estimate of drug-likeness (QED) is 0.507. The molecule has 2 aromatic rings. The van der Waals surface area contributed by atoms with E-state index in [1.54, 1.807) is 0 Å². The standard InChI is InChI=1S/C22H27O6P/c23-21(24)22(14-8-3-9-15-22)18-28-29(25,26-16-19-10-4-1-5-11-19)27-17-20-12-6-2-7-13-20/h1-2,4-7,10-13H,3,8-9,14-18H2,(H,23,24). The number of phosphoric ester groups is 1. The summed E-state index contributed by atoms with van der Waals surface area (Å²) in [5.41, 5.74) is 0.607. The summed E-state index contributed by atoms with van der Waals surface area (Å²) in [6.07, 6.45) is 3.63. The third kappa shape index (κ3) is 6.25. The molecule has 1 saturated carbocycles. The Labute approximate surface area is 171 Å². The van der Waals surface area contributed by atoms with E-state index >= 15 is 0 Å². The lowest BCUT2D eigenvalue weighted by Gasteiger charge is -2.33. The van der Waals surface area contributed by atoms with E-state index in [1.165, 1.54) is 0 Å². The summed E-state index contributed by atoms with van der Waals surface area (Å²) in [6.45, 7) is -0.0941. The molecule has 0 aliphatic heterocycles. The van der Waals surface area contributed by atoms with Gasteiger partial charge in [-0.05, 0) is 24.0 Å². The maximum Gasteiger partial charge on any atom is 0.475 e. The monoisotopic (exact) mass is 418 g/mol. The summed E-state index contributed by atoms with van der Waals surface area (Å²) >= 11 is 0. The highest BCUT2D eigenvalue weighted by molar-refractivity contribution is 7.48. The number of benzene rings is 2. The molecule has 2 aromatic carbocycles. The second-order valence-electron chi connectivity index (χ2n) is 7.38. The van der Waals surface area contributed by atoms with Gasteiger partial charge < -0.3 is 5.11 Å². The molecule has 29 heavy (non-hydrogen) atoms. The Kier molecular flexibility index (Phi) is 7.62. The molecule has 7 heteroatoms. The highest BCUT2D eigenvalue weighted by Crippen LogP contribution is 2.53. The number of phosphoric acid groups is 1. The Morgan fingerprint density at radius 1 is 0.828 bits per heavy atom. The SMILES string of the molecule is O=C(O)C1(COP(=O)(OCc2ccccc2)OCc2ccccc2)CCCCC1. The van der Waals surface area contributed by atoms with Gasteiger partial charge in [-0.3, -0.25) is 18.4 Å². The van der Waals surface area contributed by atoms with Crippen LogP contribution >= 0.6 is 7.82 Å². The fourth-order valence-corrected chi connectivity index (χ4v) is 4.66. The first-order chi connectivity index (χ1) is 14.0. The molecule has 0 bridgehead atoms. The van der Waals surface area contributed by atoms with Crippen LogP contribution in [0.3, 0.4) is 0 Å². The van der Waals surface area contributed by atoms with Gasteiger partial charge in [0, 0.05) is 0 Å². The molecule has 1 N–H and O–H groups in total. The average Bonchev–Trinajstić information content (AvgIpc) is 2.77. The molecule has 0 heterocycles. The Bertz CT molecular complexity index is 770. The van der Waals surface area contributed by atoms with E-state index in [0.29, 0.717) is 12.8 Å². The van der Waals surface area contributed by atoms with Gasteiger partial charge in [0.1, 0.15) is 0 Å². The van der Waals surface area contributed by atoms with Crippen LogP contribution in [-0.2, 0) is 36.1 Å². The normalized spacial score (nSPS) is 16.4. The minimum absolute atomic E-state index is 0.0486. The van der Waals surface area contributed by atoms with E-state index in [9.17, 15) is 14.5 Å². The van der Waals surface area contributed by atoms with Crippen molar-refractivity contribution in [1.82, 2.24) is 0 Å². The van der Waals surface area contributed by atoms with Gasteiger partial charge in [-0.1, -0.05) is 79.9 Å². The highest BCUT2D eigenvalue weighted by atomic mass is 31.2. The van der Waals surface area contributed by atoms with Gasteiger partial charge in [0.25, 0.3) is 0 Å². The van der Waals surface area contributed by atoms with Crippen molar-refractivity contribution < 1.29 is 28.0 Å². The van der Waals surface area contributed by atoms with E-state index in [2.05, 4.69) is 0 Å². The maximum absolute atomic E-state index is 13.3. The van der Waals surface area contributed by atoms with Crippen LogP contribution in [0, 0.1) is 5.41 Å². The van der Waals surface area contributed by atoms with Crippen LogP contribution in [-0.4, -0.2) is 17.7 Å².